The zero-order chi connectivity index (χ0) is 26.4. The Morgan fingerprint density at radius 1 is 1.00 bits per heavy atom. The number of anilines is 1. The van der Waals surface area contributed by atoms with Gasteiger partial charge in [0.15, 0.2) is 5.69 Å². The molecule has 3 aliphatic heterocycles. The molecule has 4 heterocycles. The summed E-state index contributed by atoms with van der Waals surface area (Å²) in [4.78, 5) is 31.2. The summed E-state index contributed by atoms with van der Waals surface area (Å²) in [6, 6.07) is 14.5. The molecule has 0 radical (unpaired) electrons. The van der Waals surface area contributed by atoms with Crippen molar-refractivity contribution in [3.8, 4) is 11.4 Å². The SMILES string of the molecule is NC(=O)c1nn(-c2ccc3c(c2)CCO3)c2c1C1(CC1)CN(c1ccc(C3(CN4CCCC4)CC3)cc1)C2=O. The fourth-order valence-electron chi connectivity index (χ4n) is 7.18. The van der Waals surface area contributed by atoms with E-state index in [0.29, 0.717) is 18.8 Å². The summed E-state index contributed by atoms with van der Waals surface area (Å²) >= 11 is 0. The third kappa shape index (κ3) is 3.57. The Kier molecular flexibility index (Phi) is 4.88. The molecule has 8 heteroatoms. The number of hydrogen-bond donors (Lipinski definition) is 1. The molecule has 3 aromatic rings. The standard InChI is InChI=1S/C31H33N5O3/c32-28(37)26-25-27(36(33-26)23-7-8-24-20(17-23)9-16-39-24)29(38)35(19-31(25)12-13-31)22-5-3-21(4-6-22)30(10-11-30)18-34-14-1-2-15-34/h3-8,17H,1-2,9-16,18-19H2,(H2,32,37). The van der Waals surface area contributed by atoms with Crippen LogP contribution in [0.5, 0.6) is 5.75 Å². The second-order valence-electron chi connectivity index (χ2n) is 12.2. The highest BCUT2D eigenvalue weighted by molar-refractivity contribution is 6.10. The monoisotopic (exact) mass is 523 g/mol. The Morgan fingerprint density at radius 3 is 2.44 bits per heavy atom. The van der Waals surface area contributed by atoms with Crippen LogP contribution >= 0.6 is 0 Å². The summed E-state index contributed by atoms with van der Waals surface area (Å²) < 4.78 is 7.32. The normalized spacial score (nSPS) is 22.1. The van der Waals surface area contributed by atoms with E-state index in [4.69, 9.17) is 10.5 Å². The number of rotatable bonds is 6. The third-order valence-corrected chi connectivity index (χ3v) is 9.70. The van der Waals surface area contributed by atoms with Crippen molar-refractivity contribution >= 4 is 17.5 Å². The van der Waals surface area contributed by atoms with Crippen molar-refractivity contribution in [2.24, 2.45) is 5.73 Å². The van der Waals surface area contributed by atoms with E-state index in [2.05, 4.69) is 34.3 Å². The first-order valence-corrected chi connectivity index (χ1v) is 14.3. The highest BCUT2D eigenvalue weighted by Crippen LogP contribution is 2.55. The first-order chi connectivity index (χ1) is 19.0. The van der Waals surface area contributed by atoms with E-state index < -0.39 is 5.91 Å². The van der Waals surface area contributed by atoms with E-state index in [1.54, 1.807) is 4.68 Å². The van der Waals surface area contributed by atoms with Crippen molar-refractivity contribution in [1.29, 1.82) is 0 Å². The van der Waals surface area contributed by atoms with Crippen LogP contribution in [0.4, 0.5) is 5.69 Å². The van der Waals surface area contributed by atoms with Crippen LogP contribution in [0.25, 0.3) is 5.69 Å². The van der Waals surface area contributed by atoms with Gasteiger partial charge in [0, 0.05) is 41.6 Å². The number of amides is 2. The van der Waals surface area contributed by atoms with Crippen LogP contribution in [0.3, 0.4) is 0 Å². The average molecular weight is 524 g/mol. The van der Waals surface area contributed by atoms with Crippen molar-refractivity contribution in [3.63, 3.8) is 0 Å². The molecule has 8 nitrogen and oxygen atoms in total. The number of likely N-dealkylation sites (tertiary alicyclic amines) is 1. The Hall–Kier alpha value is -3.65. The van der Waals surface area contributed by atoms with E-state index in [9.17, 15) is 9.59 Å². The molecule has 0 atom stereocenters. The summed E-state index contributed by atoms with van der Waals surface area (Å²) in [5.74, 6) is 0.143. The maximum absolute atomic E-state index is 14.2. The molecule has 8 rings (SSSR count). The minimum atomic E-state index is -0.584. The molecule has 2 amide bonds. The summed E-state index contributed by atoms with van der Waals surface area (Å²) in [6.07, 6.45) is 7.71. The molecule has 2 aromatic carbocycles. The minimum Gasteiger partial charge on any atom is -0.493 e. The van der Waals surface area contributed by atoms with E-state index in [0.717, 1.165) is 54.1 Å². The number of carbonyl (C=O) groups is 2. The van der Waals surface area contributed by atoms with Gasteiger partial charge in [-0.2, -0.15) is 5.10 Å². The fourth-order valence-corrected chi connectivity index (χ4v) is 7.18. The molecule has 1 saturated heterocycles. The Balaban J connectivity index is 1.17. The van der Waals surface area contributed by atoms with Crippen molar-refractivity contribution in [1.82, 2.24) is 14.7 Å². The minimum absolute atomic E-state index is 0.134. The van der Waals surface area contributed by atoms with Gasteiger partial charge in [0.25, 0.3) is 11.8 Å². The largest absolute Gasteiger partial charge is 0.493 e. The first kappa shape index (κ1) is 23.3. The van der Waals surface area contributed by atoms with Gasteiger partial charge in [-0.15, -0.1) is 0 Å². The van der Waals surface area contributed by atoms with Gasteiger partial charge in [-0.1, -0.05) is 12.1 Å². The lowest BCUT2D eigenvalue weighted by atomic mass is 9.87. The molecule has 3 fully saturated rings. The molecule has 2 aliphatic carbocycles. The number of primary amides is 1. The van der Waals surface area contributed by atoms with Gasteiger partial charge in [0.2, 0.25) is 0 Å². The number of hydrogen-bond acceptors (Lipinski definition) is 5. The molecule has 1 aromatic heterocycles. The molecule has 39 heavy (non-hydrogen) atoms. The average Bonchev–Trinajstić information content (AvgIpc) is 3.65. The molecule has 1 spiro atoms. The highest BCUT2D eigenvalue weighted by Gasteiger charge is 2.56. The fraction of sp³-hybridized carbons (Fsp3) is 0.452. The van der Waals surface area contributed by atoms with Crippen LogP contribution < -0.4 is 15.4 Å². The molecular formula is C31H33N5O3. The quantitative estimate of drug-likeness (QED) is 0.532. The maximum Gasteiger partial charge on any atom is 0.277 e. The van der Waals surface area contributed by atoms with Crippen LogP contribution in [-0.2, 0) is 17.3 Å². The lowest BCUT2D eigenvalue weighted by Crippen LogP contribution is -2.44. The van der Waals surface area contributed by atoms with E-state index in [-0.39, 0.29) is 22.4 Å². The number of nitrogens with zero attached hydrogens (tertiary/aromatic N) is 4. The van der Waals surface area contributed by atoms with Gasteiger partial charge in [-0.3, -0.25) is 9.59 Å². The van der Waals surface area contributed by atoms with Gasteiger partial charge in [0.1, 0.15) is 11.4 Å². The highest BCUT2D eigenvalue weighted by atomic mass is 16.5. The number of aromatic nitrogens is 2. The maximum atomic E-state index is 14.2. The van der Waals surface area contributed by atoms with Gasteiger partial charge in [0.05, 0.1) is 12.3 Å². The Bertz CT molecular complexity index is 1510. The third-order valence-electron chi connectivity index (χ3n) is 9.70. The first-order valence-electron chi connectivity index (χ1n) is 14.3. The second kappa shape index (κ2) is 8.18. The molecule has 2 N–H and O–H groups in total. The molecular weight excluding hydrogens is 490 g/mol. The van der Waals surface area contributed by atoms with Crippen molar-refractivity contribution in [2.75, 3.05) is 37.7 Å². The number of benzene rings is 2. The summed E-state index contributed by atoms with van der Waals surface area (Å²) in [5.41, 5.74) is 11.3. The number of carbonyl (C=O) groups excluding carboxylic acids is 2. The summed E-state index contributed by atoms with van der Waals surface area (Å²) in [5, 5.41) is 4.65. The predicted molar refractivity (Wildman–Crippen MR) is 147 cm³/mol. The van der Waals surface area contributed by atoms with Crippen LogP contribution in [0.2, 0.25) is 0 Å². The molecule has 2 saturated carbocycles. The summed E-state index contributed by atoms with van der Waals surface area (Å²) in [6.45, 7) is 4.76. The van der Waals surface area contributed by atoms with E-state index in [1.807, 2.05) is 23.1 Å². The van der Waals surface area contributed by atoms with Gasteiger partial charge < -0.3 is 20.3 Å². The predicted octanol–water partition coefficient (Wildman–Crippen LogP) is 3.73. The number of ether oxygens (including phenoxy) is 1. The molecule has 200 valence electrons. The van der Waals surface area contributed by atoms with Gasteiger partial charge in [-0.25, -0.2) is 4.68 Å². The van der Waals surface area contributed by atoms with Crippen molar-refractivity contribution in [2.45, 2.75) is 55.8 Å². The Labute approximate surface area is 227 Å². The van der Waals surface area contributed by atoms with Crippen LogP contribution in [0.15, 0.2) is 42.5 Å². The van der Waals surface area contributed by atoms with Crippen LogP contribution in [-0.4, -0.2) is 59.3 Å². The van der Waals surface area contributed by atoms with E-state index >= 15 is 0 Å². The lowest BCUT2D eigenvalue weighted by Gasteiger charge is -2.34. The number of fused-ring (bicyclic) bond motifs is 3. The zero-order valence-electron chi connectivity index (χ0n) is 22.1. The van der Waals surface area contributed by atoms with Gasteiger partial charge in [-0.05, 0) is 93.1 Å². The Morgan fingerprint density at radius 2 is 1.74 bits per heavy atom. The van der Waals surface area contributed by atoms with Gasteiger partial charge >= 0.3 is 0 Å². The zero-order valence-corrected chi connectivity index (χ0v) is 22.1. The topological polar surface area (TPSA) is 93.7 Å². The van der Waals surface area contributed by atoms with Crippen molar-refractivity contribution < 1.29 is 14.3 Å². The molecule has 0 bridgehead atoms. The van der Waals surface area contributed by atoms with Crippen LogP contribution in [0.1, 0.15) is 76.2 Å². The lowest BCUT2D eigenvalue weighted by molar-refractivity contribution is 0.0966. The smallest absolute Gasteiger partial charge is 0.277 e. The number of nitrogens with two attached hydrogens (primary N) is 1. The second-order valence-corrected chi connectivity index (χ2v) is 12.2. The van der Waals surface area contributed by atoms with E-state index in [1.165, 1.54) is 44.3 Å². The molecule has 5 aliphatic rings. The van der Waals surface area contributed by atoms with Crippen LogP contribution in [0, 0.1) is 0 Å². The molecule has 0 unspecified atom stereocenters. The summed E-state index contributed by atoms with van der Waals surface area (Å²) in [7, 11) is 0. The van der Waals surface area contributed by atoms with Crippen molar-refractivity contribution in [3.05, 3.63) is 70.5 Å².